The largest absolute Gasteiger partial charge is 0.488 e. The van der Waals surface area contributed by atoms with Crippen molar-refractivity contribution in [2.45, 2.75) is 110 Å². The number of piperidine rings is 1. The fourth-order valence-electron chi connectivity index (χ4n) is 5.19. The van der Waals surface area contributed by atoms with Gasteiger partial charge in [0.1, 0.15) is 0 Å². The Bertz CT molecular complexity index is 1030. The van der Waals surface area contributed by atoms with Crippen LogP contribution in [-0.2, 0) is 30.6 Å². The Hall–Kier alpha value is -1.15. The first-order chi connectivity index (χ1) is 18.0. The number of rotatable bonds is 4. The number of halogens is 1. The normalized spacial score (nSPS) is 24.8. The van der Waals surface area contributed by atoms with E-state index < -0.39 is 14.0 Å². The molecule has 3 saturated heterocycles. The molecule has 0 spiro atoms. The fraction of sp³-hybridized carbons (Fsp3) is 0.613. The van der Waals surface area contributed by atoms with E-state index in [9.17, 15) is 0 Å². The van der Waals surface area contributed by atoms with Gasteiger partial charge in [-0.1, -0.05) is 65.3 Å². The van der Waals surface area contributed by atoms with Crippen LogP contribution in [0.1, 0.15) is 86.3 Å². The fourth-order valence-corrected chi connectivity index (χ4v) is 5.45. The van der Waals surface area contributed by atoms with Crippen LogP contribution in [0.2, 0.25) is 0 Å². The van der Waals surface area contributed by atoms with Gasteiger partial charge >= 0.3 is 14.0 Å². The third kappa shape index (κ3) is 6.85. The minimum atomic E-state index is -0.476. The molecule has 3 fully saturated rings. The third-order valence-electron chi connectivity index (χ3n) is 9.51. The molecule has 0 aromatic heterocycles. The van der Waals surface area contributed by atoms with E-state index in [0.29, 0.717) is 5.41 Å². The maximum Gasteiger partial charge on any atom is 0.488 e. The molecule has 5 rings (SSSR count). The summed E-state index contributed by atoms with van der Waals surface area (Å²) >= 11 is 3.53. The zero-order valence-electron chi connectivity index (χ0n) is 25.3. The molecule has 39 heavy (non-hydrogen) atoms. The lowest BCUT2D eigenvalue weighted by Crippen LogP contribution is -2.41. The lowest BCUT2D eigenvalue weighted by Gasteiger charge is -2.40. The van der Waals surface area contributed by atoms with E-state index >= 15 is 0 Å². The van der Waals surface area contributed by atoms with Crippen molar-refractivity contribution in [3.05, 3.63) is 70.2 Å². The Morgan fingerprint density at radius 1 is 0.641 bits per heavy atom. The first-order valence-corrected chi connectivity index (χ1v) is 15.1. The van der Waals surface area contributed by atoms with E-state index in [0.717, 1.165) is 11.0 Å². The van der Waals surface area contributed by atoms with Crippen LogP contribution in [0.25, 0.3) is 0 Å². The summed E-state index contributed by atoms with van der Waals surface area (Å²) < 4.78 is 25.0. The van der Waals surface area contributed by atoms with Crippen LogP contribution in [0.15, 0.2) is 59.1 Å². The van der Waals surface area contributed by atoms with Crippen molar-refractivity contribution < 1.29 is 18.6 Å². The van der Waals surface area contributed by atoms with E-state index in [-0.39, 0.29) is 22.4 Å². The van der Waals surface area contributed by atoms with Crippen molar-refractivity contribution in [1.82, 2.24) is 4.90 Å². The molecule has 8 heteroatoms. The Balaban J connectivity index is 0.000000183. The highest BCUT2D eigenvalue weighted by Gasteiger charge is 2.63. The van der Waals surface area contributed by atoms with Gasteiger partial charge in [0.25, 0.3) is 0 Å². The van der Waals surface area contributed by atoms with E-state index in [1.807, 2.05) is 55.4 Å². The van der Waals surface area contributed by atoms with Gasteiger partial charge in [-0.25, -0.2) is 0 Å². The molecule has 0 amide bonds. The van der Waals surface area contributed by atoms with Crippen molar-refractivity contribution in [3.8, 4) is 0 Å². The maximum absolute atomic E-state index is 5.96. The lowest BCUT2D eigenvalue weighted by atomic mass is 9.49. The molecule has 0 radical (unpaired) electrons. The quantitative estimate of drug-likeness (QED) is 0.347. The second-order valence-corrected chi connectivity index (χ2v) is 14.5. The molecule has 3 aliphatic heterocycles. The standard InChI is InChI=1S/C19H22BrN.C12H24B2O4/c1-19(17-7-9-18(20)10-8-17)11-13-21(14-12-19)15-16-5-3-2-4-6-16;1-9(2)10(3,4)16-13(15-9)14-17-11(5,6)12(7,8)18-14/h2-10H,11-15H2,1H3;1-8H3. The molecule has 0 unspecified atom stereocenters. The highest BCUT2D eigenvalue weighted by molar-refractivity contribution is 9.10. The van der Waals surface area contributed by atoms with Gasteiger partial charge in [0.05, 0.1) is 22.4 Å². The predicted octanol–water partition coefficient (Wildman–Crippen LogP) is 7.25. The van der Waals surface area contributed by atoms with E-state index in [2.05, 4.69) is 82.4 Å². The number of nitrogens with zero attached hydrogens (tertiary/aromatic N) is 1. The van der Waals surface area contributed by atoms with Crippen LogP contribution in [0.5, 0.6) is 0 Å². The number of hydrogen-bond acceptors (Lipinski definition) is 5. The zero-order chi connectivity index (χ0) is 28.7. The van der Waals surface area contributed by atoms with Crippen LogP contribution in [0.4, 0.5) is 0 Å². The second-order valence-electron chi connectivity index (χ2n) is 13.6. The molecule has 0 atom stereocenters. The van der Waals surface area contributed by atoms with Gasteiger partial charge in [-0.15, -0.1) is 0 Å². The van der Waals surface area contributed by atoms with Crippen molar-refractivity contribution in [3.63, 3.8) is 0 Å². The van der Waals surface area contributed by atoms with Gasteiger partial charge < -0.3 is 18.6 Å². The molecule has 0 aliphatic carbocycles. The summed E-state index contributed by atoms with van der Waals surface area (Å²) in [4.78, 5) is 2.58. The van der Waals surface area contributed by atoms with Gasteiger partial charge in [0.15, 0.2) is 0 Å². The van der Waals surface area contributed by atoms with Crippen molar-refractivity contribution in [2.75, 3.05) is 13.1 Å². The molecule has 2 aromatic carbocycles. The Kier molecular flexibility index (Phi) is 8.89. The summed E-state index contributed by atoms with van der Waals surface area (Å²) in [5.74, 6) is 0. The minimum Gasteiger partial charge on any atom is -0.405 e. The average molecular weight is 598 g/mol. The van der Waals surface area contributed by atoms with Crippen molar-refractivity contribution in [2.24, 2.45) is 0 Å². The summed E-state index contributed by atoms with van der Waals surface area (Å²) in [6, 6.07) is 19.7. The van der Waals surface area contributed by atoms with Crippen molar-refractivity contribution in [1.29, 1.82) is 0 Å². The topological polar surface area (TPSA) is 40.2 Å². The van der Waals surface area contributed by atoms with Gasteiger partial charge in [-0.3, -0.25) is 4.90 Å². The lowest BCUT2D eigenvalue weighted by molar-refractivity contribution is 0.00578. The van der Waals surface area contributed by atoms with Crippen LogP contribution in [0, 0.1) is 0 Å². The molecule has 0 bridgehead atoms. The van der Waals surface area contributed by atoms with Gasteiger partial charge in [-0.05, 0) is 110 Å². The van der Waals surface area contributed by atoms with E-state index in [4.69, 9.17) is 18.6 Å². The first-order valence-electron chi connectivity index (χ1n) is 14.3. The summed E-state index contributed by atoms with van der Waals surface area (Å²) in [6.45, 7) is 22.1. The molecule has 0 N–H and O–H groups in total. The Morgan fingerprint density at radius 3 is 1.46 bits per heavy atom. The SMILES string of the molecule is CC1(C)OB(B2OC(C)(C)C(C)(C)O2)OC1(C)C.CC1(c2ccc(Br)cc2)CCN(Cc2ccccc2)CC1. The van der Waals surface area contributed by atoms with E-state index in [1.54, 1.807) is 0 Å². The summed E-state index contributed by atoms with van der Waals surface area (Å²) in [5.41, 5.74) is 1.79. The van der Waals surface area contributed by atoms with Crippen LogP contribution < -0.4 is 0 Å². The molecule has 2 aromatic rings. The third-order valence-corrected chi connectivity index (χ3v) is 10.0. The zero-order valence-corrected chi connectivity index (χ0v) is 26.9. The van der Waals surface area contributed by atoms with E-state index in [1.165, 1.54) is 37.1 Å². The smallest absolute Gasteiger partial charge is 0.405 e. The number of benzene rings is 2. The predicted molar refractivity (Wildman–Crippen MR) is 165 cm³/mol. The molecular weight excluding hydrogens is 552 g/mol. The van der Waals surface area contributed by atoms with Crippen molar-refractivity contribution >= 4 is 29.9 Å². The van der Waals surface area contributed by atoms with Crippen LogP contribution >= 0.6 is 15.9 Å². The maximum atomic E-state index is 5.96. The van der Waals surface area contributed by atoms with Gasteiger partial charge in [0.2, 0.25) is 0 Å². The summed E-state index contributed by atoms with van der Waals surface area (Å²) in [6.07, 6.45) is 2.48. The summed E-state index contributed by atoms with van der Waals surface area (Å²) in [7, 11) is -0.952. The monoisotopic (exact) mass is 597 g/mol. The first kappa shape index (κ1) is 30.8. The highest BCUT2D eigenvalue weighted by Crippen LogP contribution is 2.43. The van der Waals surface area contributed by atoms with Gasteiger partial charge in [0, 0.05) is 11.0 Å². The van der Waals surface area contributed by atoms with Gasteiger partial charge in [-0.2, -0.15) is 0 Å². The molecule has 0 saturated carbocycles. The molecule has 212 valence electrons. The second kappa shape index (κ2) is 11.3. The Morgan fingerprint density at radius 2 is 1.05 bits per heavy atom. The Labute approximate surface area is 245 Å². The summed E-state index contributed by atoms with van der Waals surface area (Å²) in [5, 5.41) is 0. The number of likely N-dealkylation sites (tertiary alicyclic amines) is 1. The van der Waals surface area contributed by atoms with Crippen LogP contribution in [-0.4, -0.2) is 54.4 Å². The molecule has 3 aliphatic rings. The number of hydrogen-bond donors (Lipinski definition) is 0. The average Bonchev–Trinajstić information content (AvgIpc) is 3.22. The molecule has 3 heterocycles. The highest BCUT2D eigenvalue weighted by atomic mass is 79.9. The minimum absolute atomic E-state index is 0.327. The van der Waals surface area contributed by atoms with Crippen LogP contribution in [0.3, 0.4) is 0 Å². The molecular formula is C31H46B2BrNO4. The molecule has 5 nitrogen and oxygen atoms in total.